The van der Waals surface area contributed by atoms with Gasteiger partial charge in [0.2, 0.25) is 16.0 Å². The maximum Gasteiger partial charge on any atom is 0.294 e. The third-order valence-electron chi connectivity index (χ3n) is 6.17. The fourth-order valence-electron chi connectivity index (χ4n) is 4.23. The number of fused-ring (bicyclic) bond motifs is 1. The van der Waals surface area contributed by atoms with E-state index in [2.05, 4.69) is 25.3 Å². The van der Waals surface area contributed by atoms with Crippen LogP contribution in [0.25, 0.3) is 22.6 Å². The molecule has 0 saturated heterocycles. The van der Waals surface area contributed by atoms with Crippen molar-refractivity contribution in [2.75, 3.05) is 11.1 Å². The number of primary sulfonamides is 1. The highest BCUT2D eigenvalue weighted by Gasteiger charge is 2.31. The molecule has 3 heterocycles. The van der Waals surface area contributed by atoms with Gasteiger partial charge in [-0.05, 0) is 43.9 Å². The Labute approximate surface area is 213 Å². The van der Waals surface area contributed by atoms with Gasteiger partial charge in [-0.1, -0.05) is 19.1 Å². The lowest BCUT2D eigenvalue weighted by Crippen LogP contribution is -2.26. The first-order chi connectivity index (χ1) is 17.7. The molecule has 1 fully saturated rings. The van der Waals surface area contributed by atoms with Gasteiger partial charge in [0.1, 0.15) is 5.52 Å². The molecule has 5 rings (SSSR count). The zero-order valence-corrected chi connectivity index (χ0v) is 21.3. The first-order valence-corrected chi connectivity index (χ1v) is 13.5. The van der Waals surface area contributed by atoms with Crippen molar-refractivity contribution in [1.29, 1.82) is 0 Å². The number of aromatic nitrogens is 6. The Kier molecular flexibility index (Phi) is 6.33. The van der Waals surface area contributed by atoms with Crippen LogP contribution in [-0.4, -0.2) is 37.9 Å². The zero-order valence-electron chi connectivity index (χ0n) is 20.5. The van der Waals surface area contributed by atoms with Gasteiger partial charge in [0.15, 0.2) is 17.3 Å². The second-order valence-electron chi connectivity index (χ2n) is 9.06. The van der Waals surface area contributed by atoms with Crippen LogP contribution in [0.2, 0.25) is 0 Å². The largest absolute Gasteiger partial charge is 0.368 e. The van der Waals surface area contributed by atoms with E-state index in [1.54, 1.807) is 22.9 Å². The van der Waals surface area contributed by atoms with Crippen LogP contribution in [0, 0.1) is 6.92 Å². The number of nitrogens with one attached hydrogen (secondary N) is 1. The van der Waals surface area contributed by atoms with Crippen molar-refractivity contribution >= 4 is 33.0 Å². The van der Waals surface area contributed by atoms with Crippen molar-refractivity contribution in [2.45, 2.75) is 57.0 Å². The predicted molar refractivity (Wildman–Crippen MR) is 139 cm³/mol. The van der Waals surface area contributed by atoms with Crippen LogP contribution in [-0.2, 0) is 23.1 Å². The smallest absolute Gasteiger partial charge is 0.294 e. The lowest BCUT2D eigenvalue weighted by Gasteiger charge is -2.14. The lowest BCUT2D eigenvalue weighted by atomic mass is 10.1. The van der Waals surface area contributed by atoms with Gasteiger partial charge in [-0.15, -0.1) is 0 Å². The molecule has 4 aromatic rings. The van der Waals surface area contributed by atoms with Crippen molar-refractivity contribution < 1.29 is 8.42 Å². The molecule has 3 aromatic heterocycles. The molecule has 37 heavy (non-hydrogen) atoms. The minimum atomic E-state index is -3.78. The van der Waals surface area contributed by atoms with Crippen LogP contribution < -0.4 is 21.7 Å². The summed E-state index contributed by atoms with van der Waals surface area (Å²) in [6, 6.07) is 6.10. The van der Waals surface area contributed by atoms with Crippen LogP contribution in [0.3, 0.4) is 0 Å². The monoisotopic (exact) mass is 521 g/mol. The number of benzene rings is 1. The van der Waals surface area contributed by atoms with E-state index in [-0.39, 0.29) is 28.8 Å². The third kappa shape index (κ3) is 5.00. The summed E-state index contributed by atoms with van der Waals surface area (Å²) < 4.78 is 24.5. The molecule has 1 saturated carbocycles. The molecule has 0 amide bonds. The quantitative estimate of drug-likeness (QED) is 0.310. The van der Waals surface area contributed by atoms with E-state index < -0.39 is 10.0 Å². The van der Waals surface area contributed by atoms with Gasteiger partial charge in [-0.2, -0.15) is 0 Å². The average Bonchev–Trinajstić information content (AvgIpc) is 3.69. The molecular weight excluding hydrogens is 494 g/mol. The normalized spacial score (nSPS) is 13.7. The summed E-state index contributed by atoms with van der Waals surface area (Å²) in [4.78, 5) is 36.0. The van der Waals surface area contributed by atoms with Gasteiger partial charge in [-0.3, -0.25) is 9.36 Å². The topological polar surface area (TPSA) is 185 Å². The molecule has 0 atom stereocenters. The minimum Gasteiger partial charge on any atom is -0.368 e. The number of aryl methyl sites for hydroxylation is 2. The van der Waals surface area contributed by atoms with E-state index in [1.807, 2.05) is 13.8 Å². The van der Waals surface area contributed by atoms with Crippen molar-refractivity contribution in [3.63, 3.8) is 0 Å². The maximum atomic E-state index is 13.4. The van der Waals surface area contributed by atoms with E-state index in [4.69, 9.17) is 15.9 Å². The number of hydrogen-bond acceptors (Lipinski definition) is 10. The summed E-state index contributed by atoms with van der Waals surface area (Å²) in [5.74, 6) is 1.12. The molecule has 1 aromatic carbocycles. The Morgan fingerprint density at radius 2 is 1.84 bits per heavy atom. The Morgan fingerprint density at radius 3 is 2.49 bits per heavy atom. The van der Waals surface area contributed by atoms with E-state index in [1.165, 1.54) is 12.1 Å². The Bertz CT molecular complexity index is 1660. The van der Waals surface area contributed by atoms with Crippen molar-refractivity contribution in [1.82, 2.24) is 29.5 Å². The van der Waals surface area contributed by atoms with Gasteiger partial charge in [0.25, 0.3) is 5.56 Å². The van der Waals surface area contributed by atoms with Crippen LogP contribution >= 0.6 is 0 Å². The molecule has 13 heteroatoms. The summed E-state index contributed by atoms with van der Waals surface area (Å²) in [5, 5.41) is 8.21. The highest BCUT2D eigenvalue weighted by atomic mass is 32.2. The summed E-state index contributed by atoms with van der Waals surface area (Å²) in [5.41, 5.74) is 9.52. The fraction of sp³-hybridized carbons (Fsp3) is 0.333. The Morgan fingerprint density at radius 1 is 1.11 bits per heavy atom. The standard InChI is InChI=1S/C24H27N9O3S/c1-3-10-33-22-17(12-28-20(32-22)18-13(2)29-24(25)31-19(18)15-6-7-15)30-21(23(33)34)27-11-14-4-8-16(9-5-14)37(26,35)36/h4-5,8-9,12,15H,3,6-7,10-11H2,1-2H3,(H,27,30)(H2,25,29,31)(H2,26,35,36). The third-order valence-corrected chi connectivity index (χ3v) is 7.10. The summed E-state index contributed by atoms with van der Waals surface area (Å²) in [6.07, 6.45) is 4.36. The number of anilines is 2. The summed E-state index contributed by atoms with van der Waals surface area (Å²) >= 11 is 0. The number of rotatable bonds is 8. The van der Waals surface area contributed by atoms with Crippen LogP contribution in [0.1, 0.15) is 49.1 Å². The molecule has 0 unspecified atom stereocenters. The average molecular weight is 522 g/mol. The van der Waals surface area contributed by atoms with Crippen LogP contribution in [0.4, 0.5) is 11.8 Å². The van der Waals surface area contributed by atoms with Crippen molar-refractivity contribution in [2.24, 2.45) is 5.14 Å². The second kappa shape index (κ2) is 9.48. The minimum absolute atomic E-state index is 0.0184. The number of nitrogens with zero attached hydrogens (tertiary/aromatic N) is 6. The molecule has 0 aliphatic heterocycles. The highest BCUT2D eigenvalue weighted by Crippen LogP contribution is 2.43. The van der Waals surface area contributed by atoms with E-state index in [9.17, 15) is 13.2 Å². The molecule has 5 N–H and O–H groups in total. The molecule has 0 radical (unpaired) electrons. The van der Waals surface area contributed by atoms with Crippen molar-refractivity contribution in [3.05, 3.63) is 57.8 Å². The van der Waals surface area contributed by atoms with Crippen LogP contribution in [0.15, 0.2) is 40.2 Å². The number of nitrogens with two attached hydrogens (primary N) is 2. The van der Waals surface area contributed by atoms with Gasteiger partial charge in [0, 0.05) is 19.0 Å². The lowest BCUT2D eigenvalue weighted by molar-refractivity contribution is 0.598. The van der Waals surface area contributed by atoms with E-state index in [0.717, 1.165) is 29.7 Å². The molecule has 192 valence electrons. The SMILES string of the molecule is CCCn1c(=O)c(NCc2ccc(S(N)(=O)=O)cc2)nc2cnc(-c3c(C)nc(N)nc3C3CC3)nc21. The van der Waals surface area contributed by atoms with E-state index in [0.29, 0.717) is 41.6 Å². The summed E-state index contributed by atoms with van der Waals surface area (Å²) in [6.45, 7) is 4.53. The highest BCUT2D eigenvalue weighted by molar-refractivity contribution is 7.89. The van der Waals surface area contributed by atoms with Gasteiger partial charge < -0.3 is 11.1 Å². The number of nitrogen functional groups attached to an aromatic ring is 1. The van der Waals surface area contributed by atoms with Crippen molar-refractivity contribution in [3.8, 4) is 11.4 Å². The second-order valence-corrected chi connectivity index (χ2v) is 10.6. The fourth-order valence-corrected chi connectivity index (χ4v) is 4.75. The Hall–Kier alpha value is -3.97. The Balaban J connectivity index is 1.52. The number of hydrogen-bond donors (Lipinski definition) is 3. The number of sulfonamides is 1. The van der Waals surface area contributed by atoms with Gasteiger partial charge in [-0.25, -0.2) is 38.5 Å². The van der Waals surface area contributed by atoms with Crippen LogP contribution in [0.5, 0.6) is 0 Å². The molecule has 1 aliphatic rings. The van der Waals surface area contributed by atoms with Gasteiger partial charge >= 0.3 is 0 Å². The van der Waals surface area contributed by atoms with Gasteiger partial charge in [0.05, 0.1) is 28.0 Å². The molecular formula is C24H27N9O3S. The molecule has 0 spiro atoms. The first-order valence-electron chi connectivity index (χ1n) is 11.9. The first kappa shape index (κ1) is 24.7. The van der Waals surface area contributed by atoms with E-state index >= 15 is 0 Å². The molecule has 0 bridgehead atoms. The molecule has 1 aliphatic carbocycles. The zero-order chi connectivity index (χ0) is 26.3. The maximum absolute atomic E-state index is 13.4. The molecule has 12 nitrogen and oxygen atoms in total. The summed E-state index contributed by atoms with van der Waals surface area (Å²) in [7, 11) is -3.78. The predicted octanol–water partition coefficient (Wildman–Crippen LogP) is 2.08.